The maximum Gasteiger partial charge on any atom is 0.451 e. The van der Waals surface area contributed by atoms with Crippen LogP contribution < -0.4 is 4.74 Å². The zero-order valence-corrected chi connectivity index (χ0v) is 8.08. The van der Waals surface area contributed by atoms with Gasteiger partial charge in [0.05, 0.1) is 19.2 Å². The van der Waals surface area contributed by atoms with Crippen molar-refractivity contribution in [2.24, 2.45) is 0 Å². The molecule has 0 spiro atoms. The van der Waals surface area contributed by atoms with Gasteiger partial charge >= 0.3 is 12.1 Å². The third-order valence-corrected chi connectivity index (χ3v) is 1.55. The molecule has 0 bridgehead atoms. The topological polar surface area (TPSA) is 72.3 Å². The number of rotatable bonds is 3. The van der Waals surface area contributed by atoms with Crippen LogP contribution in [0.2, 0.25) is 0 Å². The molecule has 1 heterocycles. The molecule has 0 aliphatic heterocycles. The molecule has 0 aliphatic rings. The molecule has 1 aromatic heterocycles. The second-order valence-corrected chi connectivity index (χ2v) is 2.79. The standard InChI is InChI=1S/C8H7F3N2O3/c1-16-5-2-4(3-6(14)15)12-7(13-5)8(9,10)11/h2H,3H2,1H3,(H,14,15). The minimum atomic E-state index is -4.73. The summed E-state index contributed by atoms with van der Waals surface area (Å²) in [4.78, 5) is 16.5. The highest BCUT2D eigenvalue weighted by atomic mass is 19.4. The van der Waals surface area contributed by atoms with Gasteiger partial charge in [0.15, 0.2) is 0 Å². The van der Waals surface area contributed by atoms with E-state index in [4.69, 9.17) is 5.11 Å². The number of carboxylic acids is 1. The first-order valence-corrected chi connectivity index (χ1v) is 4.04. The van der Waals surface area contributed by atoms with E-state index in [1.807, 2.05) is 0 Å². The van der Waals surface area contributed by atoms with Crippen LogP contribution in [0.25, 0.3) is 0 Å². The highest BCUT2D eigenvalue weighted by Gasteiger charge is 2.35. The van der Waals surface area contributed by atoms with E-state index in [0.717, 1.165) is 13.2 Å². The Morgan fingerprint density at radius 2 is 2.12 bits per heavy atom. The van der Waals surface area contributed by atoms with Gasteiger partial charge in [0.25, 0.3) is 0 Å². The summed E-state index contributed by atoms with van der Waals surface area (Å²) in [6.45, 7) is 0. The first kappa shape index (κ1) is 12.2. The van der Waals surface area contributed by atoms with Gasteiger partial charge in [0.1, 0.15) is 0 Å². The SMILES string of the molecule is COc1cc(CC(=O)O)nc(C(F)(F)F)n1. The zero-order chi connectivity index (χ0) is 12.3. The maximum atomic E-state index is 12.3. The monoisotopic (exact) mass is 236 g/mol. The normalized spacial score (nSPS) is 11.2. The van der Waals surface area contributed by atoms with Gasteiger partial charge < -0.3 is 9.84 Å². The molecule has 0 fully saturated rings. The van der Waals surface area contributed by atoms with Crippen molar-refractivity contribution in [2.75, 3.05) is 7.11 Å². The molecule has 0 aromatic carbocycles. The number of ether oxygens (including phenoxy) is 1. The zero-order valence-electron chi connectivity index (χ0n) is 8.08. The first-order chi connectivity index (χ1) is 7.32. The van der Waals surface area contributed by atoms with Gasteiger partial charge in [-0.05, 0) is 0 Å². The number of hydrogen-bond donors (Lipinski definition) is 1. The van der Waals surface area contributed by atoms with E-state index in [1.54, 1.807) is 0 Å². The Labute approximate surface area is 87.9 Å². The Bertz CT molecular complexity index is 406. The largest absolute Gasteiger partial charge is 0.481 e. The average molecular weight is 236 g/mol. The molecule has 0 unspecified atom stereocenters. The summed E-state index contributed by atoms with van der Waals surface area (Å²) < 4.78 is 41.4. The molecular formula is C8H7F3N2O3. The summed E-state index contributed by atoms with van der Waals surface area (Å²) in [6, 6.07) is 1.05. The van der Waals surface area contributed by atoms with Gasteiger partial charge in [-0.3, -0.25) is 4.79 Å². The molecule has 0 atom stereocenters. The van der Waals surface area contributed by atoms with E-state index in [2.05, 4.69) is 14.7 Å². The Hall–Kier alpha value is -1.86. The number of aromatic nitrogens is 2. The number of nitrogens with zero attached hydrogens (tertiary/aromatic N) is 2. The lowest BCUT2D eigenvalue weighted by Crippen LogP contribution is -2.14. The number of halogens is 3. The average Bonchev–Trinajstić information content (AvgIpc) is 2.14. The predicted octanol–water partition coefficient (Wildman–Crippen LogP) is 1.13. The quantitative estimate of drug-likeness (QED) is 0.851. The van der Waals surface area contributed by atoms with E-state index in [9.17, 15) is 18.0 Å². The van der Waals surface area contributed by atoms with E-state index >= 15 is 0 Å². The van der Waals surface area contributed by atoms with Crippen LogP contribution in [0.1, 0.15) is 11.5 Å². The molecule has 1 N–H and O–H groups in total. The first-order valence-electron chi connectivity index (χ1n) is 4.04. The molecular weight excluding hydrogens is 229 g/mol. The molecule has 0 saturated heterocycles. The lowest BCUT2D eigenvalue weighted by Gasteiger charge is -2.08. The number of alkyl halides is 3. The minimum Gasteiger partial charge on any atom is -0.481 e. The number of carbonyl (C=O) groups is 1. The summed E-state index contributed by atoms with van der Waals surface area (Å²) in [5.41, 5.74) is -0.258. The molecule has 1 aromatic rings. The van der Waals surface area contributed by atoms with Crippen LogP contribution in [0.4, 0.5) is 13.2 Å². The summed E-state index contributed by atoms with van der Waals surface area (Å²) in [6.07, 6.45) is -5.36. The fourth-order valence-electron chi connectivity index (χ4n) is 0.949. The van der Waals surface area contributed by atoms with E-state index < -0.39 is 24.4 Å². The van der Waals surface area contributed by atoms with Crippen LogP contribution in [-0.2, 0) is 17.4 Å². The van der Waals surface area contributed by atoms with Gasteiger partial charge in [0.2, 0.25) is 11.7 Å². The van der Waals surface area contributed by atoms with Crippen LogP contribution in [0, 0.1) is 0 Å². The summed E-state index contributed by atoms with van der Waals surface area (Å²) in [7, 11) is 1.13. The Morgan fingerprint density at radius 3 is 2.56 bits per heavy atom. The molecule has 0 saturated carbocycles. The highest BCUT2D eigenvalue weighted by Crippen LogP contribution is 2.27. The molecule has 1 rings (SSSR count). The molecule has 0 aliphatic carbocycles. The summed E-state index contributed by atoms with van der Waals surface area (Å²) in [5.74, 6) is -3.02. The fourth-order valence-corrected chi connectivity index (χ4v) is 0.949. The van der Waals surface area contributed by atoms with Crippen molar-refractivity contribution in [3.63, 3.8) is 0 Å². The second-order valence-electron chi connectivity index (χ2n) is 2.79. The van der Waals surface area contributed by atoms with Crippen molar-refractivity contribution >= 4 is 5.97 Å². The van der Waals surface area contributed by atoms with Crippen molar-refractivity contribution in [1.29, 1.82) is 0 Å². The lowest BCUT2D eigenvalue weighted by atomic mass is 10.3. The Kier molecular flexibility index (Phi) is 3.31. The van der Waals surface area contributed by atoms with Gasteiger partial charge in [-0.25, -0.2) is 4.98 Å². The summed E-state index contributed by atoms with van der Waals surface area (Å²) in [5, 5.41) is 8.44. The van der Waals surface area contributed by atoms with Crippen LogP contribution in [0.5, 0.6) is 5.88 Å². The van der Waals surface area contributed by atoms with Gasteiger partial charge in [-0.15, -0.1) is 0 Å². The predicted molar refractivity (Wildman–Crippen MR) is 44.9 cm³/mol. The fraction of sp³-hybridized carbons (Fsp3) is 0.375. The molecule has 16 heavy (non-hydrogen) atoms. The molecule has 5 nitrogen and oxygen atoms in total. The van der Waals surface area contributed by atoms with Crippen molar-refractivity contribution in [3.8, 4) is 5.88 Å². The van der Waals surface area contributed by atoms with Gasteiger partial charge in [-0.1, -0.05) is 0 Å². The lowest BCUT2D eigenvalue weighted by molar-refractivity contribution is -0.145. The third kappa shape index (κ3) is 3.07. The smallest absolute Gasteiger partial charge is 0.451 e. The van der Waals surface area contributed by atoms with Crippen LogP contribution in [0.15, 0.2) is 6.07 Å². The molecule has 8 heteroatoms. The van der Waals surface area contributed by atoms with Crippen LogP contribution >= 0.6 is 0 Å². The van der Waals surface area contributed by atoms with Gasteiger partial charge in [-0.2, -0.15) is 18.2 Å². The van der Waals surface area contributed by atoms with E-state index in [1.165, 1.54) is 0 Å². The highest BCUT2D eigenvalue weighted by molar-refractivity contribution is 5.69. The number of hydrogen-bond acceptors (Lipinski definition) is 4. The van der Waals surface area contributed by atoms with Gasteiger partial charge in [0, 0.05) is 6.07 Å². The Balaban J connectivity index is 3.16. The minimum absolute atomic E-state index is 0.258. The molecule has 0 amide bonds. The number of methoxy groups -OCH3 is 1. The van der Waals surface area contributed by atoms with Crippen molar-refractivity contribution < 1.29 is 27.8 Å². The van der Waals surface area contributed by atoms with Crippen molar-refractivity contribution in [3.05, 3.63) is 17.6 Å². The van der Waals surface area contributed by atoms with Crippen LogP contribution in [0.3, 0.4) is 0 Å². The van der Waals surface area contributed by atoms with E-state index in [-0.39, 0.29) is 11.6 Å². The Morgan fingerprint density at radius 1 is 1.50 bits per heavy atom. The summed E-state index contributed by atoms with van der Waals surface area (Å²) >= 11 is 0. The van der Waals surface area contributed by atoms with E-state index in [0.29, 0.717) is 0 Å². The number of aliphatic carboxylic acids is 1. The van der Waals surface area contributed by atoms with Crippen molar-refractivity contribution in [1.82, 2.24) is 9.97 Å². The second kappa shape index (κ2) is 4.33. The third-order valence-electron chi connectivity index (χ3n) is 1.55. The molecule has 88 valence electrons. The van der Waals surface area contributed by atoms with Crippen LogP contribution in [-0.4, -0.2) is 28.2 Å². The molecule has 0 radical (unpaired) electrons. The van der Waals surface area contributed by atoms with Crippen molar-refractivity contribution in [2.45, 2.75) is 12.6 Å². The maximum absolute atomic E-state index is 12.3. The number of carboxylic acid groups (broad SMARTS) is 1.